The zero-order valence-electron chi connectivity index (χ0n) is 25.7. The summed E-state index contributed by atoms with van der Waals surface area (Å²) in [6.45, 7) is 0. The SMILES string of the molecule is COC(=O)c1ccccc1NC(=O)C(Sc1cccc(NC(=O)/C(=C\c2ccccc2F)NC(=O)c2ccccc2)c1)c1ccccc1. The first-order valence-corrected chi connectivity index (χ1v) is 15.6. The second kappa shape index (κ2) is 16.0. The van der Waals surface area contributed by atoms with E-state index in [4.69, 9.17) is 4.74 Å². The van der Waals surface area contributed by atoms with Crippen LogP contribution in [-0.4, -0.2) is 30.8 Å². The summed E-state index contributed by atoms with van der Waals surface area (Å²) in [6.07, 6.45) is 1.27. The first-order valence-electron chi connectivity index (χ1n) is 14.8. The van der Waals surface area contributed by atoms with Crippen LogP contribution in [0.15, 0.2) is 144 Å². The number of hydrogen-bond donors (Lipinski definition) is 3. The second-order valence-corrected chi connectivity index (χ2v) is 11.5. The van der Waals surface area contributed by atoms with Crippen LogP contribution in [0.1, 0.15) is 37.1 Å². The standard InChI is InChI=1S/C38H30FN3O5S/c1-47-38(46)30-20-9-11-22-32(30)41-37(45)34(25-13-4-2-5-14-25)48-29-19-12-18-28(24-29)40-36(44)33(23-27-17-8-10-21-31(27)39)42-35(43)26-15-6-3-7-16-26/h2-24,34H,1H3,(H,40,44)(H,41,45)(H,42,43)/b33-23+. The van der Waals surface area contributed by atoms with E-state index in [1.165, 1.54) is 43.1 Å². The van der Waals surface area contributed by atoms with Gasteiger partial charge >= 0.3 is 5.97 Å². The maximum atomic E-state index is 14.6. The number of nitrogens with one attached hydrogen (secondary N) is 3. The number of amides is 3. The average Bonchev–Trinajstić information content (AvgIpc) is 3.12. The van der Waals surface area contributed by atoms with E-state index < -0.39 is 28.9 Å². The molecule has 5 rings (SSSR count). The fourth-order valence-corrected chi connectivity index (χ4v) is 5.73. The van der Waals surface area contributed by atoms with Gasteiger partial charge < -0.3 is 20.7 Å². The summed E-state index contributed by atoms with van der Waals surface area (Å²) in [5, 5.41) is 7.49. The Bertz CT molecular complexity index is 1970. The van der Waals surface area contributed by atoms with Crippen molar-refractivity contribution in [3.05, 3.63) is 167 Å². The molecule has 0 fully saturated rings. The summed E-state index contributed by atoms with van der Waals surface area (Å²) in [5.41, 5.74) is 1.88. The van der Waals surface area contributed by atoms with Crippen molar-refractivity contribution in [1.82, 2.24) is 5.32 Å². The number of methoxy groups -OCH3 is 1. The molecule has 0 aliphatic rings. The van der Waals surface area contributed by atoms with Crippen LogP contribution in [0.5, 0.6) is 0 Å². The minimum Gasteiger partial charge on any atom is -0.465 e. The molecule has 0 heterocycles. The molecular weight excluding hydrogens is 629 g/mol. The summed E-state index contributed by atoms with van der Waals surface area (Å²) < 4.78 is 19.4. The number of anilines is 2. The maximum Gasteiger partial charge on any atom is 0.339 e. The summed E-state index contributed by atoms with van der Waals surface area (Å²) in [7, 11) is 1.27. The molecule has 1 atom stereocenters. The molecule has 3 amide bonds. The second-order valence-electron chi connectivity index (χ2n) is 10.3. The number of hydrogen-bond acceptors (Lipinski definition) is 6. The minimum absolute atomic E-state index is 0.116. The number of thioether (sulfide) groups is 1. The van der Waals surface area contributed by atoms with Gasteiger partial charge in [0.15, 0.2) is 0 Å². The van der Waals surface area contributed by atoms with Crippen molar-refractivity contribution in [2.24, 2.45) is 0 Å². The van der Waals surface area contributed by atoms with Crippen molar-refractivity contribution in [2.75, 3.05) is 17.7 Å². The van der Waals surface area contributed by atoms with Gasteiger partial charge in [-0.05, 0) is 60.2 Å². The van der Waals surface area contributed by atoms with Crippen molar-refractivity contribution >= 4 is 52.9 Å². The van der Waals surface area contributed by atoms with Gasteiger partial charge in [-0.15, -0.1) is 11.8 Å². The predicted molar refractivity (Wildman–Crippen MR) is 185 cm³/mol. The Morgan fingerprint density at radius 2 is 1.42 bits per heavy atom. The van der Waals surface area contributed by atoms with E-state index in [2.05, 4.69) is 16.0 Å². The van der Waals surface area contributed by atoms with Crippen molar-refractivity contribution in [3.8, 4) is 0 Å². The summed E-state index contributed by atoms with van der Waals surface area (Å²) in [4.78, 5) is 53.2. The van der Waals surface area contributed by atoms with Gasteiger partial charge in [-0.2, -0.15) is 0 Å². The fraction of sp³-hybridized carbons (Fsp3) is 0.0526. The van der Waals surface area contributed by atoms with E-state index >= 15 is 0 Å². The Balaban J connectivity index is 1.39. The molecule has 0 aliphatic carbocycles. The first-order chi connectivity index (χ1) is 23.3. The molecule has 10 heteroatoms. The third-order valence-electron chi connectivity index (χ3n) is 7.01. The lowest BCUT2D eigenvalue weighted by atomic mass is 10.1. The minimum atomic E-state index is -0.746. The van der Waals surface area contributed by atoms with Gasteiger partial charge in [0.05, 0.1) is 18.4 Å². The monoisotopic (exact) mass is 659 g/mol. The Hall–Kier alpha value is -6.00. The van der Waals surface area contributed by atoms with Gasteiger partial charge in [0.2, 0.25) is 5.91 Å². The lowest BCUT2D eigenvalue weighted by molar-refractivity contribution is -0.116. The van der Waals surface area contributed by atoms with Crippen molar-refractivity contribution in [2.45, 2.75) is 10.1 Å². The van der Waals surface area contributed by atoms with E-state index in [0.717, 1.165) is 0 Å². The molecule has 5 aromatic rings. The molecule has 0 spiro atoms. The number of carbonyl (C=O) groups is 4. The lowest BCUT2D eigenvalue weighted by Crippen LogP contribution is -2.30. The van der Waals surface area contributed by atoms with Gasteiger partial charge in [-0.1, -0.05) is 84.9 Å². The van der Waals surface area contributed by atoms with Crippen LogP contribution in [0.4, 0.5) is 15.8 Å². The van der Waals surface area contributed by atoms with E-state index in [1.54, 1.807) is 84.9 Å². The van der Waals surface area contributed by atoms with Crippen LogP contribution < -0.4 is 16.0 Å². The smallest absolute Gasteiger partial charge is 0.339 e. The molecule has 3 N–H and O–H groups in total. The van der Waals surface area contributed by atoms with Crippen LogP contribution in [0.25, 0.3) is 6.08 Å². The van der Waals surface area contributed by atoms with Crippen molar-refractivity contribution in [1.29, 1.82) is 0 Å². The number of ether oxygens (including phenoxy) is 1. The molecule has 0 bridgehead atoms. The third-order valence-corrected chi connectivity index (χ3v) is 8.26. The quantitative estimate of drug-likeness (QED) is 0.0769. The van der Waals surface area contributed by atoms with Gasteiger partial charge in [0.1, 0.15) is 16.8 Å². The van der Waals surface area contributed by atoms with E-state index in [-0.39, 0.29) is 22.7 Å². The van der Waals surface area contributed by atoms with Crippen molar-refractivity contribution in [3.63, 3.8) is 0 Å². The zero-order chi connectivity index (χ0) is 33.9. The van der Waals surface area contributed by atoms with Crippen LogP contribution >= 0.6 is 11.8 Å². The summed E-state index contributed by atoms with van der Waals surface area (Å²) >= 11 is 1.24. The predicted octanol–water partition coefficient (Wildman–Crippen LogP) is 7.49. The van der Waals surface area contributed by atoms with Crippen LogP contribution in [0.3, 0.4) is 0 Å². The van der Waals surface area contributed by atoms with E-state index in [9.17, 15) is 23.6 Å². The molecule has 8 nitrogen and oxygen atoms in total. The first kappa shape index (κ1) is 33.4. The van der Waals surface area contributed by atoms with Gasteiger partial charge in [-0.25, -0.2) is 9.18 Å². The van der Waals surface area contributed by atoms with Crippen molar-refractivity contribution < 1.29 is 28.3 Å². The topological polar surface area (TPSA) is 114 Å². The normalized spacial score (nSPS) is 11.6. The molecule has 0 aliphatic heterocycles. The van der Waals surface area contributed by atoms with Crippen LogP contribution in [-0.2, 0) is 14.3 Å². The number of halogens is 1. The fourth-order valence-electron chi connectivity index (χ4n) is 4.65. The van der Waals surface area contributed by atoms with Gasteiger partial charge in [0, 0.05) is 21.7 Å². The summed E-state index contributed by atoms with van der Waals surface area (Å²) in [6, 6.07) is 36.8. The highest BCUT2D eigenvalue weighted by Crippen LogP contribution is 2.37. The average molecular weight is 660 g/mol. The number of carbonyl (C=O) groups excluding carboxylic acids is 4. The molecule has 0 saturated heterocycles. The van der Waals surface area contributed by atoms with E-state index in [0.29, 0.717) is 27.4 Å². The molecule has 1 unspecified atom stereocenters. The Morgan fingerprint density at radius 1 is 0.750 bits per heavy atom. The van der Waals surface area contributed by atoms with E-state index in [1.807, 2.05) is 30.3 Å². The number of para-hydroxylation sites is 1. The molecule has 5 aromatic carbocycles. The highest BCUT2D eigenvalue weighted by atomic mass is 32.2. The van der Waals surface area contributed by atoms with Crippen LogP contribution in [0, 0.1) is 5.82 Å². The lowest BCUT2D eigenvalue weighted by Gasteiger charge is -2.19. The Labute approximate surface area is 281 Å². The number of benzene rings is 5. The molecule has 48 heavy (non-hydrogen) atoms. The molecule has 0 radical (unpaired) electrons. The molecular formula is C38H30FN3O5S. The van der Waals surface area contributed by atoms with Gasteiger partial charge in [0.25, 0.3) is 11.8 Å². The third kappa shape index (κ3) is 8.62. The maximum absolute atomic E-state index is 14.6. The number of esters is 1. The highest BCUT2D eigenvalue weighted by Gasteiger charge is 2.24. The highest BCUT2D eigenvalue weighted by molar-refractivity contribution is 8.00. The summed E-state index contributed by atoms with van der Waals surface area (Å²) in [5.74, 6) is -2.74. The van der Waals surface area contributed by atoms with Crippen LogP contribution in [0.2, 0.25) is 0 Å². The Kier molecular flexibility index (Phi) is 11.1. The zero-order valence-corrected chi connectivity index (χ0v) is 26.5. The number of rotatable bonds is 11. The Morgan fingerprint density at radius 3 is 2.15 bits per heavy atom. The molecule has 240 valence electrons. The largest absolute Gasteiger partial charge is 0.465 e. The molecule has 0 aromatic heterocycles. The van der Waals surface area contributed by atoms with Gasteiger partial charge in [-0.3, -0.25) is 14.4 Å². The molecule has 0 saturated carbocycles.